The number of nitrogens with zero attached hydrogens (tertiary/aromatic N) is 2. The van der Waals surface area contributed by atoms with Gasteiger partial charge in [0.25, 0.3) is 0 Å². The zero-order chi connectivity index (χ0) is 22.8. The van der Waals surface area contributed by atoms with Crippen molar-refractivity contribution in [3.8, 4) is 5.75 Å². The van der Waals surface area contributed by atoms with E-state index in [2.05, 4.69) is 5.10 Å². The van der Waals surface area contributed by atoms with Crippen LogP contribution < -0.4 is 4.74 Å². The highest BCUT2D eigenvalue weighted by Gasteiger charge is 2.54. The summed E-state index contributed by atoms with van der Waals surface area (Å²) in [5.41, 5.74) is -0.550. The zero-order valence-electron chi connectivity index (χ0n) is 17.9. The maximum Gasteiger partial charge on any atom is 0.246 e. The summed E-state index contributed by atoms with van der Waals surface area (Å²) in [4.78, 5) is 12.3. The van der Waals surface area contributed by atoms with Crippen LogP contribution in [0.5, 0.6) is 5.75 Å². The molecule has 8 nitrogen and oxygen atoms in total. The number of rotatable bonds is 3. The van der Waals surface area contributed by atoms with Crippen LogP contribution in [0.3, 0.4) is 0 Å². The van der Waals surface area contributed by atoms with Gasteiger partial charge in [-0.1, -0.05) is 18.2 Å². The minimum atomic E-state index is -3.77. The SMILES string of the molecule is CN1N=C(OC2c3cc(S(=O)(=O)c4ccccc4)ccc3OC(C)(C)C2O)C2CC2C1=O. The molecule has 168 valence electrons. The molecule has 32 heavy (non-hydrogen) atoms. The van der Waals surface area contributed by atoms with Crippen LogP contribution in [0, 0.1) is 11.8 Å². The van der Waals surface area contributed by atoms with Crippen molar-refractivity contribution >= 4 is 21.6 Å². The summed E-state index contributed by atoms with van der Waals surface area (Å²) < 4.78 is 38.5. The van der Waals surface area contributed by atoms with E-state index in [0.29, 0.717) is 23.6 Å². The van der Waals surface area contributed by atoms with E-state index in [1.54, 1.807) is 45.2 Å². The Bertz CT molecular complexity index is 1220. The van der Waals surface area contributed by atoms with Gasteiger partial charge in [0.1, 0.15) is 17.5 Å². The molecule has 0 aromatic heterocycles. The second-order valence-electron chi connectivity index (χ2n) is 8.95. The number of hydrazone groups is 1. The lowest BCUT2D eigenvalue weighted by Crippen LogP contribution is -2.50. The van der Waals surface area contributed by atoms with E-state index >= 15 is 0 Å². The third-order valence-electron chi connectivity index (χ3n) is 6.26. The topological polar surface area (TPSA) is 106 Å². The second kappa shape index (κ2) is 7.05. The molecule has 1 amide bonds. The average Bonchev–Trinajstić information content (AvgIpc) is 3.56. The average molecular weight is 457 g/mol. The van der Waals surface area contributed by atoms with Gasteiger partial charge in [0.15, 0.2) is 6.10 Å². The molecule has 0 bridgehead atoms. The van der Waals surface area contributed by atoms with Gasteiger partial charge < -0.3 is 14.6 Å². The number of benzene rings is 2. The summed E-state index contributed by atoms with van der Waals surface area (Å²) >= 11 is 0. The fraction of sp³-hybridized carbons (Fsp3) is 0.391. The Balaban J connectivity index is 1.56. The first-order valence-corrected chi connectivity index (χ1v) is 11.9. The quantitative estimate of drug-likeness (QED) is 0.761. The van der Waals surface area contributed by atoms with Crippen molar-refractivity contribution in [2.75, 3.05) is 7.05 Å². The van der Waals surface area contributed by atoms with Crippen molar-refractivity contribution in [3.05, 3.63) is 54.1 Å². The zero-order valence-corrected chi connectivity index (χ0v) is 18.7. The van der Waals surface area contributed by atoms with Gasteiger partial charge in [-0.15, -0.1) is 5.10 Å². The molecular weight excluding hydrogens is 432 g/mol. The van der Waals surface area contributed by atoms with E-state index in [4.69, 9.17) is 9.47 Å². The van der Waals surface area contributed by atoms with Crippen LogP contribution in [0.2, 0.25) is 0 Å². The highest BCUT2D eigenvalue weighted by molar-refractivity contribution is 7.91. The van der Waals surface area contributed by atoms with Gasteiger partial charge in [0.2, 0.25) is 21.6 Å². The number of ether oxygens (including phenoxy) is 2. The molecule has 2 aliphatic heterocycles. The fourth-order valence-corrected chi connectivity index (χ4v) is 5.56. The van der Waals surface area contributed by atoms with Gasteiger partial charge in [0, 0.05) is 18.5 Å². The standard InChI is InChI=1S/C23H24N2O6S/c1-23(2)20(26)19(30-21-15-12-16(15)22(27)25(3)24-21)17-11-14(9-10-18(17)31-23)32(28,29)13-7-5-4-6-8-13/h4-11,15-16,19-20,26H,12H2,1-3H3. The number of sulfone groups is 1. The Morgan fingerprint density at radius 3 is 2.56 bits per heavy atom. The van der Waals surface area contributed by atoms with Gasteiger partial charge in [-0.25, -0.2) is 13.4 Å². The van der Waals surface area contributed by atoms with Crippen molar-refractivity contribution in [3.63, 3.8) is 0 Å². The van der Waals surface area contributed by atoms with Crippen molar-refractivity contribution in [1.82, 2.24) is 5.01 Å². The Kier molecular flexibility index (Phi) is 4.62. The first kappa shape index (κ1) is 21.0. The molecule has 4 atom stereocenters. The maximum absolute atomic E-state index is 13.2. The molecule has 1 fully saturated rings. The predicted molar refractivity (Wildman–Crippen MR) is 115 cm³/mol. The summed E-state index contributed by atoms with van der Waals surface area (Å²) in [5.74, 6) is 0.497. The molecule has 9 heteroatoms. The maximum atomic E-state index is 13.2. The predicted octanol–water partition coefficient (Wildman–Crippen LogP) is 2.53. The lowest BCUT2D eigenvalue weighted by atomic mass is 9.88. The number of hydrogen-bond acceptors (Lipinski definition) is 7. The number of aliphatic hydroxyl groups is 1. The van der Waals surface area contributed by atoms with Gasteiger partial charge in [-0.3, -0.25) is 4.79 Å². The third-order valence-corrected chi connectivity index (χ3v) is 8.03. The molecule has 0 radical (unpaired) electrons. The molecule has 1 aliphatic carbocycles. The van der Waals surface area contributed by atoms with Crippen LogP contribution in [0.15, 0.2) is 63.4 Å². The van der Waals surface area contributed by atoms with Crippen LogP contribution in [-0.2, 0) is 19.4 Å². The highest BCUT2D eigenvalue weighted by atomic mass is 32.2. The van der Waals surface area contributed by atoms with E-state index in [0.717, 1.165) is 0 Å². The molecule has 4 unspecified atom stereocenters. The minimum Gasteiger partial charge on any atom is -0.485 e. The Labute approximate surface area is 186 Å². The van der Waals surface area contributed by atoms with E-state index in [1.807, 2.05) is 0 Å². The largest absolute Gasteiger partial charge is 0.485 e. The minimum absolute atomic E-state index is 0.0492. The van der Waals surface area contributed by atoms with Gasteiger partial charge in [-0.2, -0.15) is 0 Å². The Morgan fingerprint density at radius 2 is 1.84 bits per heavy atom. The fourth-order valence-electron chi connectivity index (χ4n) is 4.24. The Morgan fingerprint density at radius 1 is 1.12 bits per heavy atom. The van der Waals surface area contributed by atoms with E-state index in [-0.39, 0.29) is 27.5 Å². The number of carbonyl (C=O) groups excluding carboxylic acids is 1. The number of hydrogen-bond donors (Lipinski definition) is 1. The molecule has 2 aromatic rings. The summed E-state index contributed by atoms with van der Waals surface area (Å²) in [7, 11) is -2.20. The number of aliphatic hydroxyl groups excluding tert-OH is 1. The second-order valence-corrected chi connectivity index (χ2v) is 10.9. The number of carbonyl (C=O) groups is 1. The van der Waals surface area contributed by atoms with Gasteiger partial charge >= 0.3 is 0 Å². The normalized spacial score (nSPS) is 28.2. The Hall–Kier alpha value is -2.91. The van der Waals surface area contributed by atoms with Crippen molar-refractivity contribution < 1.29 is 27.8 Å². The smallest absolute Gasteiger partial charge is 0.246 e. The van der Waals surface area contributed by atoms with Crippen molar-refractivity contribution in [2.24, 2.45) is 16.9 Å². The molecule has 3 aliphatic rings. The highest BCUT2D eigenvalue weighted by Crippen LogP contribution is 2.48. The van der Waals surface area contributed by atoms with Crippen LogP contribution in [0.4, 0.5) is 0 Å². The number of fused-ring (bicyclic) bond motifs is 2. The number of amides is 1. The third kappa shape index (κ3) is 3.27. The van der Waals surface area contributed by atoms with Crippen LogP contribution in [-0.4, -0.2) is 49.1 Å². The van der Waals surface area contributed by atoms with E-state index in [1.165, 1.54) is 29.3 Å². The van der Waals surface area contributed by atoms with Crippen molar-refractivity contribution in [2.45, 2.75) is 47.9 Å². The lowest BCUT2D eigenvalue weighted by molar-refractivity contribution is -0.133. The first-order chi connectivity index (χ1) is 15.1. The monoisotopic (exact) mass is 456 g/mol. The molecule has 0 saturated heterocycles. The van der Waals surface area contributed by atoms with E-state index < -0.39 is 27.6 Å². The van der Waals surface area contributed by atoms with Crippen LogP contribution in [0.25, 0.3) is 0 Å². The molecule has 1 N–H and O–H groups in total. The van der Waals surface area contributed by atoms with Crippen LogP contribution >= 0.6 is 0 Å². The molecule has 1 saturated carbocycles. The lowest BCUT2D eigenvalue weighted by Gasteiger charge is -2.42. The summed E-state index contributed by atoms with van der Waals surface area (Å²) in [6, 6.07) is 12.7. The molecule has 2 heterocycles. The van der Waals surface area contributed by atoms with Crippen molar-refractivity contribution in [1.29, 1.82) is 0 Å². The summed E-state index contributed by atoms with van der Waals surface area (Å²) in [6.07, 6.45) is -1.34. The molecule has 5 rings (SSSR count). The van der Waals surface area contributed by atoms with Crippen LogP contribution in [0.1, 0.15) is 31.9 Å². The van der Waals surface area contributed by atoms with Gasteiger partial charge in [-0.05, 0) is 50.6 Å². The molecule has 2 aromatic carbocycles. The molecule has 0 spiro atoms. The first-order valence-electron chi connectivity index (χ1n) is 10.4. The summed E-state index contributed by atoms with van der Waals surface area (Å²) in [6.45, 7) is 3.48. The molecular formula is C23H24N2O6S. The van der Waals surface area contributed by atoms with E-state index in [9.17, 15) is 18.3 Å². The van der Waals surface area contributed by atoms with Gasteiger partial charge in [0.05, 0.1) is 15.7 Å². The summed E-state index contributed by atoms with van der Waals surface area (Å²) in [5, 5.41) is 16.6.